The Balaban J connectivity index is 1.45. The molecular formula is C28H30F3N5O4. The van der Waals surface area contributed by atoms with Crippen LogP contribution >= 0.6 is 0 Å². The lowest BCUT2D eigenvalue weighted by atomic mass is 10.0. The molecule has 5 N–H and O–H groups in total. The second-order valence-electron chi connectivity index (χ2n) is 9.40. The first kappa shape index (κ1) is 28.8. The fraction of sp³-hybridized carbons (Fsp3) is 0.321. The first-order valence-electron chi connectivity index (χ1n) is 12.7. The number of morpholine rings is 1. The van der Waals surface area contributed by atoms with E-state index in [9.17, 15) is 22.8 Å². The molecule has 1 aliphatic rings. The predicted molar refractivity (Wildman–Crippen MR) is 142 cm³/mol. The quantitative estimate of drug-likeness (QED) is 0.284. The number of hydrogen-bond acceptors (Lipinski definition) is 7. The number of aromatic nitrogens is 1. The Hall–Kier alpha value is -4.16. The van der Waals surface area contributed by atoms with Gasteiger partial charge in [0.05, 0.1) is 36.8 Å². The van der Waals surface area contributed by atoms with Crippen LogP contribution in [0.15, 0.2) is 60.9 Å². The number of benzene rings is 2. The Morgan fingerprint density at radius 2 is 1.77 bits per heavy atom. The number of pyridine rings is 1. The zero-order chi connectivity index (χ0) is 28.5. The van der Waals surface area contributed by atoms with Crippen molar-refractivity contribution in [3.8, 4) is 0 Å². The van der Waals surface area contributed by atoms with Gasteiger partial charge in [0.2, 0.25) is 5.91 Å². The molecule has 2 amide bonds. The van der Waals surface area contributed by atoms with Crippen LogP contribution in [0.3, 0.4) is 0 Å². The summed E-state index contributed by atoms with van der Waals surface area (Å²) in [4.78, 5) is 28.0. The molecule has 0 unspecified atom stereocenters. The first-order valence-corrected chi connectivity index (χ1v) is 12.7. The van der Waals surface area contributed by atoms with Gasteiger partial charge in [-0.2, -0.15) is 0 Å². The summed E-state index contributed by atoms with van der Waals surface area (Å²) >= 11 is 0. The van der Waals surface area contributed by atoms with Crippen LogP contribution in [-0.2, 0) is 27.1 Å². The molecule has 2 heterocycles. The van der Waals surface area contributed by atoms with Gasteiger partial charge in [-0.15, -0.1) is 0 Å². The van der Waals surface area contributed by atoms with E-state index in [1.165, 1.54) is 42.6 Å². The molecule has 1 aromatic heterocycles. The third kappa shape index (κ3) is 8.42. The van der Waals surface area contributed by atoms with Crippen LogP contribution in [0.25, 0.3) is 0 Å². The molecule has 0 saturated carbocycles. The summed E-state index contributed by atoms with van der Waals surface area (Å²) < 4.78 is 52.4. The molecule has 0 radical (unpaired) electrons. The second-order valence-corrected chi connectivity index (χ2v) is 9.40. The Morgan fingerprint density at radius 1 is 1.07 bits per heavy atom. The van der Waals surface area contributed by atoms with E-state index in [1.54, 1.807) is 12.1 Å². The lowest BCUT2D eigenvalue weighted by Crippen LogP contribution is -2.49. The van der Waals surface area contributed by atoms with Gasteiger partial charge in [0.15, 0.2) is 0 Å². The Bertz CT molecular complexity index is 1290. The van der Waals surface area contributed by atoms with Crippen molar-refractivity contribution in [2.75, 3.05) is 30.4 Å². The van der Waals surface area contributed by atoms with Crippen LogP contribution in [0, 0.1) is 17.5 Å². The number of nitrogens with zero attached hydrogens (tertiary/aromatic N) is 1. The smallest absolute Gasteiger partial charge is 0.404 e. The van der Waals surface area contributed by atoms with Crippen molar-refractivity contribution < 1.29 is 32.2 Å². The number of ether oxygens (including phenoxy) is 2. The fourth-order valence-corrected chi connectivity index (χ4v) is 4.30. The van der Waals surface area contributed by atoms with Crippen molar-refractivity contribution in [3.05, 3.63) is 89.5 Å². The number of primary amides is 1. The zero-order valence-corrected chi connectivity index (χ0v) is 21.5. The first-order chi connectivity index (χ1) is 19.3. The van der Waals surface area contributed by atoms with Gasteiger partial charge < -0.3 is 31.2 Å². The molecule has 12 heteroatoms. The average Bonchev–Trinajstić information content (AvgIpc) is 2.94. The lowest BCUT2D eigenvalue weighted by Gasteiger charge is -2.30. The predicted octanol–water partition coefficient (Wildman–Crippen LogP) is 3.55. The highest BCUT2D eigenvalue weighted by atomic mass is 19.1. The van der Waals surface area contributed by atoms with Gasteiger partial charge in [0.1, 0.15) is 30.1 Å². The van der Waals surface area contributed by atoms with Gasteiger partial charge in [0.25, 0.3) is 0 Å². The molecule has 1 saturated heterocycles. The Kier molecular flexibility index (Phi) is 9.92. The van der Waals surface area contributed by atoms with Crippen LogP contribution in [0.1, 0.15) is 17.5 Å². The van der Waals surface area contributed by atoms with Crippen LogP contribution in [-0.4, -0.2) is 54.9 Å². The third-order valence-electron chi connectivity index (χ3n) is 6.43. The van der Waals surface area contributed by atoms with Gasteiger partial charge in [-0.1, -0.05) is 12.1 Å². The molecule has 3 atom stereocenters. The van der Waals surface area contributed by atoms with Crippen molar-refractivity contribution in [3.63, 3.8) is 0 Å². The molecule has 40 heavy (non-hydrogen) atoms. The van der Waals surface area contributed by atoms with Crippen molar-refractivity contribution in [2.24, 2.45) is 5.73 Å². The van der Waals surface area contributed by atoms with Gasteiger partial charge in [-0.05, 0) is 54.8 Å². The fourth-order valence-electron chi connectivity index (χ4n) is 4.30. The number of anilines is 2. The minimum absolute atomic E-state index is 0.0878. The lowest BCUT2D eigenvalue weighted by molar-refractivity contribution is -0.116. The molecule has 1 aliphatic heterocycles. The summed E-state index contributed by atoms with van der Waals surface area (Å²) in [6, 6.07) is 9.94. The van der Waals surface area contributed by atoms with Gasteiger partial charge >= 0.3 is 6.09 Å². The maximum Gasteiger partial charge on any atom is 0.404 e. The summed E-state index contributed by atoms with van der Waals surface area (Å²) in [6.45, 7) is 0.852. The summed E-state index contributed by atoms with van der Waals surface area (Å²) in [6.07, 6.45) is 2.38. The number of halogens is 3. The molecule has 4 rings (SSSR count). The molecule has 0 aliphatic carbocycles. The number of nitrogens with one attached hydrogen (secondary N) is 3. The van der Waals surface area contributed by atoms with Crippen LogP contribution in [0.2, 0.25) is 0 Å². The SMILES string of the molecule is NC(=O)OC[C@@H]1CO[C@H](CCc2c(F)cncc2N[C@@H](Cc2ccc(F)cc2)C(=O)Nc2ccc(F)cc2)CN1. The Morgan fingerprint density at radius 3 is 2.42 bits per heavy atom. The van der Waals surface area contributed by atoms with E-state index in [4.69, 9.17) is 15.2 Å². The number of nitrogens with two attached hydrogens (primary N) is 1. The average molecular weight is 558 g/mol. The highest BCUT2D eigenvalue weighted by Gasteiger charge is 2.25. The largest absolute Gasteiger partial charge is 0.448 e. The molecule has 0 spiro atoms. The maximum atomic E-state index is 15.0. The van der Waals surface area contributed by atoms with E-state index in [2.05, 4.69) is 20.9 Å². The van der Waals surface area contributed by atoms with E-state index in [0.717, 1.165) is 6.20 Å². The molecule has 1 fully saturated rings. The van der Waals surface area contributed by atoms with E-state index in [0.29, 0.717) is 42.1 Å². The molecule has 2 aromatic carbocycles. The highest BCUT2D eigenvalue weighted by molar-refractivity contribution is 5.96. The monoisotopic (exact) mass is 557 g/mol. The minimum Gasteiger partial charge on any atom is -0.448 e. The molecular weight excluding hydrogens is 527 g/mol. The summed E-state index contributed by atoms with van der Waals surface area (Å²) in [7, 11) is 0. The molecule has 3 aromatic rings. The normalized spacial score (nSPS) is 17.6. The standard InChI is InChI=1S/C28H30F3N5O4/c29-18-3-1-17(2-4-18)11-25(27(37)35-20-7-5-19(30)6-8-20)36-26-14-33-13-24(31)23(26)10-9-22-12-34-21(15-39-22)16-40-28(32)38/h1-8,13-14,21-22,25,34,36H,9-12,15-16H2,(H2,32,38)(H,35,37)/t21-,22+,25-/m0/s1. The summed E-state index contributed by atoms with van der Waals surface area (Å²) in [5, 5.41) is 9.05. The number of carbonyl (C=O) groups is 2. The summed E-state index contributed by atoms with van der Waals surface area (Å²) in [5.74, 6) is -1.84. The number of amides is 2. The Labute approximate surface area is 229 Å². The van der Waals surface area contributed by atoms with Crippen molar-refractivity contribution in [1.29, 1.82) is 0 Å². The maximum absolute atomic E-state index is 15.0. The van der Waals surface area contributed by atoms with E-state index < -0.39 is 35.5 Å². The molecule has 0 bridgehead atoms. The van der Waals surface area contributed by atoms with Crippen molar-refractivity contribution in [1.82, 2.24) is 10.3 Å². The number of hydrogen-bond donors (Lipinski definition) is 4. The van der Waals surface area contributed by atoms with E-state index in [-0.39, 0.29) is 31.6 Å². The zero-order valence-electron chi connectivity index (χ0n) is 21.5. The van der Waals surface area contributed by atoms with Crippen LogP contribution in [0.4, 0.5) is 29.3 Å². The van der Waals surface area contributed by atoms with Crippen LogP contribution < -0.4 is 21.7 Å². The van der Waals surface area contributed by atoms with Crippen molar-refractivity contribution >= 4 is 23.4 Å². The van der Waals surface area contributed by atoms with Gasteiger partial charge in [-0.3, -0.25) is 9.78 Å². The summed E-state index contributed by atoms with van der Waals surface area (Å²) in [5.41, 5.74) is 6.72. The third-order valence-corrected chi connectivity index (χ3v) is 6.43. The van der Waals surface area contributed by atoms with Gasteiger partial charge in [0, 0.05) is 24.2 Å². The minimum atomic E-state index is -0.892. The molecule has 9 nitrogen and oxygen atoms in total. The van der Waals surface area contributed by atoms with Crippen LogP contribution in [0.5, 0.6) is 0 Å². The molecule has 212 valence electrons. The number of carbonyl (C=O) groups excluding carboxylic acids is 2. The van der Waals surface area contributed by atoms with E-state index in [1.807, 2.05) is 0 Å². The second kappa shape index (κ2) is 13.8. The number of rotatable bonds is 11. The van der Waals surface area contributed by atoms with E-state index >= 15 is 0 Å². The topological polar surface area (TPSA) is 128 Å². The van der Waals surface area contributed by atoms with Gasteiger partial charge in [-0.25, -0.2) is 18.0 Å². The van der Waals surface area contributed by atoms with Crippen molar-refractivity contribution in [2.45, 2.75) is 37.5 Å². The highest BCUT2D eigenvalue weighted by Crippen LogP contribution is 2.23.